The first-order valence-electron chi connectivity index (χ1n) is 4.74. The van der Waals surface area contributed by atoms with Gasteiger partial charge in [-0.2, -0.15) is 0 Å². The van der Waals surface area contributed by atoms with Gasteiger partial charge in [-0.3, -0.25) is 4.79 Å². The average Bonchev–Trinajstić information content (AvgIpc) is 2.30. The summed E-state index contributed by atoms with van der Waals surface area (Å²) in [6.45, 7) is 0. The zero-order valence-electron chi connectivity index (χ0n) is 9.74. The van der Waals surface area contributed by atoms with Gasteiger partial charge in [0.15, 0.2) is 11.5 Å². The summed E-state index contributed by atoms with van der Waals surface area (Å²) < 4.78 is 15.3. The van der Waals surface area contributed by atoms with Crippen molar-refractivity contribution in [2.75, 3.05) is 21.3 Å². The number of carbonyl (C=O) groups is 1. The number of aliphatic carboxylic acids is 1. The van der Waals surface area contributed by atoms with Gasteiger partial charge in [-0.1, -0.05) is 11.6 Å². The Morgan fingerprint density at radius 1 is 1.24 bits per heavy atom. The highest BCUT2D eigenvalue weighted by Gasteiger charge is 2.20. The third-order valence-corrected chi connectivity index (χ3v) is 2.62. The number of hydrogen-bond acceptors (Lipinski definition) is 4. The van der Waals surface area contributed by atoms with Crippen LogP contribution in [-0.4, -0.2) is 32.4 Å². The summed E-state index contributed by atoms with van der Waals surface area (Å²) >= 11 is 6.07. The van der Waals surface area contributed by atoms with Gasteiger partial charge in [-0.05, 0) is 0 Å². The Morgan fingerprint density at radius 2 is 1.82 bits per heavy atom. The second-order valence-electron chi connectivity index (χ2n) is 3.18. The second kappa shape index (κ2) is 5.63. The lowest BCUT2D eigenvalue weighted by Crippen LogP contribution is -2.05. The highest BCUT2D eigenvalue weighted by Crippen LogP contribution is 2.42. The SMILES string of the molecule is COc1cc(OC)c(OC)c(Cl)c1CC(=O)O. The van der Waals surface area contributed by atoms with Gasteiger partial charge in [-0.25, -0.2) is 0 Å². The van der Waals surface area contributed by atoms with Gasteiger partial charge >= 0.3 is 5.97 Å². The Balaban J connectivity index is 3.40. The van der Waals surface area contributed by atoms with Crippen molar-refractivity contribution in [3.05, 3.63) is 16.7 Å². The number of benzene rings is 1. The molecule has 0 aliphatic carbocycles. The van der Waals surface area contributed by atoms with Crippen LogP contribution < -0.4 is 14.2 Å². The summed E-state index contributed by atoms with van der Waals surface area (Å²) in [5, 5.41) is 9.00. The number of carboxylic acid groups (broad SMARTS) is 1. The highest BCUT2D eigenvalue weighted by molar-refractivity contribution is 6.33. The van der Waals surface area contributed by atoms with E-state index in [0.29, 0.717) is 22.8 Å². The van der Waals surface area contributed by atoms with Crippen molar-refractivity contribution in [1.29, 1.82) is 0 Å². The molecule has 0 unspecified atom stereocenters. The van der Waals surface area contributed by atoms with Gasteiger partial charge in [0.1, 0.15) is 5.75 Å². The predicted molar refractivity (Wildman–Crippen MR) is 62.4 cm³/mol. The van der Waals surface area contributed by atoms with Crippen LogP contribution in [0.5, 0.6) is 17.2 Å². The van der Waals surface area contributed by atoms with Gasteiger partial charge in [0.25, 0.3) is 0 Å². The number of ether oxygens (including phenoxy) is 3. The van der Waals surface area contributed by atoms with Crippen molar-refractivity contribution in [3.8, 4) is 17.2 Å². The lowest BCUT2D eigenvalue weighted by atomic mass is 10.1. The van der Waals surface area contributed by atoms with Gasteiger partial charge < -0.3 is 19.3 Å². The number of hydrogen-bond donors (Lipinski definition) is 1. The molecule has 0 aliphatic rings. The van der Waals surface area contributed by atoms with Crippen molar-refractivity contribution in [2.45, 2.75) is 6.42 Å². The first kappa shape index (κ1) is 13.4. The van der Waals surface area contributed by atoms with E-state index in [9.17, 15) is 4.79 Å². The molecule has 1 N–H and O–H groups in total. The minimum Gasteiger partial charge on any atom is -0.496 e. The van der Waals surface area contributed by atoms with Crippen molar-refractivity contribution >= 4 is 17.6 Å². The molecule has 0 saturated carbocycles. The van der Waals surface area contributed by atoms with Gasteiger partial charge in [0.05, 0.1) is 32.8 Å². The van der Waals surface area contributed by atoms with Crippen LogP contribution in [0.4, 0.5) is 0 Å². The van der Waals surface area contributed by atoms with Crippen molar-refractivity contribution in [3.63, 3.8) is 0 Å². The maximum atomic E-state index is 10.8. The minimum atomic E-state index is -1.00. The first-order valence-corrected chi connectivity index (χ1v) is 5.12. The molecule has 0 fully saturated rings. The third kappa shape index (κ3) is 2.74. The van der Waals surface area contributed by atoms with Crippen molar-refractivity contribution in [2.24, 2.45) is 0 Å². The lowest BCUT2D eigenvalue weighted by Gasteiger charge is -2.15. The number of halogens is 1. The summed E-state index contributed by atoms with van der Waals surface area (Å²) in [5.74, 6) is 0.0437. The normalized spacial score (nSPS) is 9.88. The Labute approximate surface area is 104 Å². The van der Waals surface area contributed by atoms with E-state index in [1.54, 1.807) is 6.07 Å². The standard InChI is InChI=1S/C11H13ClO5/c1-15-7-5-8(16-2)11(17-3)10(12)6(7)4-9(13)14/h5H,4H2,1-3H3,(H,13,14). The Bertz CT molecular complexity index is 430. The topological polar surface area (TPSA) is 65.0 Å². The molecule has 0 bridgehead atoms. The van der Waals surface area contributed by atoms with Gasteiger partial charge in [0.2, 0.25) is 0 Å². The van der Waals surface area contributed by atoms with E-state index < -0.39 is 5.97 Å². The molecule has 17 heavy (non-hydrogen) atoms. The molecule has 1 rings (SSSR count). The molecule has 0 radical (unpaired) electrons. The summed E-state index contributed by atoms with van der Waals surface area (Å²) in [6, 6.07) is 1.54. The van der Waals surface area contributed by atoms with E-state index in [4.69, 9.17) is 30.9 Å². The van der Waals surface area contributed by atoms with E-state index in [2.05, 4.69) is 0 Å². The second-order valence-corrected chi connectivity index (χ2v) is 3.56. The molecule has 0 aromatic heterocycles. The average molecular weight is 261 g/mol. The van der Waals surface area contributed by atoms with Crippen molar-refractivity contribution in [1.82, 2.24) is 0 Å². The van der Waals surface area contributed by atoms with Gasteiger partial charge in [-0.15, -0.1) is 0 Å². The molecule has 6 heteroatoms. The molecule has 0 spiro atoms. The van der Waals surface area contributed by atoms with E-state index in [0.717, 1.165) is 0 Å². The van der Waals surface area contributed by atoms with Crippen LogP contribution >= 0.6 is 11.6 Å². The van der Waals surface area contributed by atoms with Crippen LogP contribution in [0.15, 0.2) is 6.07 Å². The fourth-order valence-electron chi connectivity index (χ4n) is 1.46. The van der Waals surface area contributed by atoms with Crippen LogP contribution in [0.3, 0.4) is 0 Å². The molecule has 0 atom stereocenters. The molecule has 94 valence electrons. The molecule has 0 heterocycles. The molecule has 0 saturated heterocycles. The van der Waals surface area contributed by atoms with Gasteiger partial charge in [0, 0.05) is 11.6 Å². The minimum absolute atomic E-state index is 0.186. The Morgan fingerprint density at radius 3 is 2.24 bits per heavy atom. The van der Waals surface area contributed by atoms with Crippen LogP contribution in [0.25, 0.3) is 0 Å². The summed E-state index contributed by atoms with van der Waals surface area (Å²) in [7, 11) is 4.33. The zero-order chi connectivity index (χ0) is 13.0. The predicted octanol–water partition coefficient (Wildman–Crippen LogP) is 1.99. The number of rotatable bonds is 5. The fraction of sp³-hybridized carbons (Fsp3) is 0.364. The van der Waals surface area contributed by atoms with Crippen LogP contribution in [0, 0.1) is 0 Å². The maximum Gasteiger partial charge on any atom is 0.308 e. The van der Waals surface area contributed by atoms with Crippen LogP contribution in [-0.2, 0) is 11.2 Å². The largest absolute Gasteiger partial charge is 0.496 e. The molecular formula is C11H13ClO5. The molecule has 5 nitrogen and oxygen atoms in total. The van der Waals surface area contributed by atoms with Crippen LogP contribution in [0.1, 0.15) is 5.56 Å². The zero-order valence-corrected chi connectivity index (χ0v) is 10.5. The number of carboxylic acids is 1. The maximum absolute atomic E-state index is 10.8. The monoisotopic (exact) mass is 260 g/mol. The third-order valence-electron chi connectivity index (χ3n) is 2.22. The van der Waals surface area contributed by atoms with E-state index >= 15 is 0 Å². The quantitative estimate of drug-likeness (QED) is 0.877. The molecule has 1 aromatic rings. The van der Waals surface area contributed by atoms with E-state index in [1.165, 1.54) is 21.3 Å². The summed E-state index contributed by atoms with van der Waals surface area (Å²) in [6.07, 6.45) is -0.248. The molecular weight excluding hydrogens is 248 g/mol. The van der Waals surface area contributed by atoms with E-state index in [1.807, 2.05) is 0 Å². The summed E-state index contributed by atoms with van der Waals surface area (Å²) in [4.78, 5) is 10.8. The smallest absolute Gasteiger partial charge is 0.308 e. The number of methoxy groups -OCH3 is 3. The lowest BCUT2D eigenvalue weighted by molar-refractivity contribution is -0.136. The molecule has 0 aliphatic heterocycles. The molecule has 0 amide bonds. The first-order chi connectivity index (χ1) is 8.04. The molecule has 1 aromatic carbocycles. The van der Waals surface area contributed by atoms with E-state index in [-0.39, 0.29) is 11.4 Å². The highest BCUT2D eigenvalue weighted by atomic mass is 35.5. The Kier molecular flexibility index (Phi) is 4.45. The summed E-state index contributed by atoms with van der Waals surface area (Å²) in [5.41, 5.74) is 0.360. The van der Waals surface area contributed by atoms with Crippen molar-refractivity contribution < 1.29 is 24.1 Å². The van der Waals surface area contributed by atoms with Crippen LogP contribution in [0.2, 0.25) is 5.02 Å². The fourth-order valence-corrected chi connectivity index (χ4v) is 1.80. The Hall–Kier alpha value is -1.62.